The van der Waals surface area contributed by atoms with Crippen LogP contribution in [0.2, 0.25) is 0 Å². The molecule has 2 fully saturated rings. The highest BCUT2D eigenvalue weighted by molar-refractivity contribution is 6.21. The summed E-state index contributed by atoms with van der Waals surface area (Å²) in [5.41, 5.74) is 2.15. The fourth-order valence-corrected chi connectivity index (χ4v) is 6.68. The summed E-state index contributed by atoms with van der Waals surface area (Å²) in [7, 11) is 0. The van der Waals surface area contributed by atoms with Gasteiger partial charge in [0.1, 0.15) is 0 Å². The van der Waals surface area contributed by atoms with E-state index < -0.39 is 0 Å². The van der Waals surface area contributed by atoms with Gasteiger partial charge >= 0.3 is 0 Å². The third-order valence-corrected chi connectivity index (χ3v) is 7.77. The number of amides is 4. The average Bonchev–Trinajstić information content (AvgIpc) is 3.22. The normalized spacial score (nSPS) is 24.1. The van der Waals surface area contributed by atoms with Crippen molar-refractivity contribution in [1.29, 1.82) is 0 Å². The van der Waals surface area contributed by atoms with E-state index in [1.807, 2.05) is 11.0 Å². The van der Waals surface area contributed by atoms with E-state index in [9.17, 15) is 19.2 Å². The zero-order valence-electron chi connectivity index (χ0n) is 21.2. The summed E-state index contributed by atoms with van der Waals surface area (Å²) in [6, 6.07) is 14.1. The SMILES string of the molecule is CC1(C)C[C@H]2C[C@@](C)(CN2C(=O)c2ccccc2NC(=O)CCCN2C(=O)c3ccccc3C2=O)C1. The first kappa shape index (κ1) is 24.2. The molecule has 0 aromatic heterocycles. The molecule has 2 heterocycles. The molecule has 1 N–H and O–H groups in total. The van der Waals surface area contributed by atoms with Gasteiger partial charge in [0.25, 0.3) is 17.7 Å². The summed E-state index contributed by atoms with van der Waals surface area (Å²) in [5.74, 6) is -0.928. The molecule has 7 nitrogen and oxygen atoms in total. The van der Waals surface area contributed by atoms with Crippen LogP contribution in [0.5, 0.6) is 0 Å². The number of benzene rings is 2. The van der Waals surface area contributed by atoms with Crippen LogP contribution in [0, 0.1) is 10.8 Å². The zero-order valence-corrected chi connectivity index (χ0v) is 21.2. The predicted molar refractivity (Wildman–Crippen MR) is 137 cm³/mol. The number of nitrogens with zero attached hydrogens (tertiary/aromatic N) is 2. The molecule has 5 rings (SSSR count). The van der Waals surface area contributed by atoms with Gasteiger partial charge in [-0.25, -0.2) is 0 Å². The van der Waals surface area contributed by atoms with E-state index in [0.29, 0.717) is 28.8 Å². The predicted octanol–water partition coefficient (Wildman–Crippen LogP) is 4.74. The van der Waals surface area contributed by atoms with E-state index in [1.54, 1.807) is 42.5 Å². The monoisotopic (exact) mass is 487 g/mol. The Morgan fingerprint density at radius 3 is 2.28 bits per heavy atom. The quantitative estimate of drug-likeness (QED) is 0.596. The fourth-order valence-electron chi connectivity index (χ4n) is 6.68. The highest BCUT2D eigenvalue weighted by Crippen LogP contribution is 2.52. The van der Waals surface area contributed by atoms with Crippen LogP contribution in [-0.2, 0) is 4.79 Å². The number of para-hydroxylation sites is 1. The van der Waals surface area contributed by atoms with Crippen LogP contribution >= 0.6 is 0 Å². The second-order valence-electron chi connectivity index (χ2n) is 11.7. The van der Waals surface area contributed by atoms with Gasteiger partial charge in [-0.05, 0) is 60.8 Å². The molecule has 1 aliphatic carbocycles. The molecular formula is C29H33N3O4. The van der Waals surface area contributed by atoms with Crippen molar-refractivity contribution >= 4 is 29.3 Å². The first-order valence-corrected chi connectivity index (χ1v) is 12.7. The van der Waals surface area contributed by atoms with E-state index in [4.69, 9.17) is 0 Å². The molecule has 1 saturated carbocycles. The third kappa shape index (κ3) is 4.43. The number of hydrogen-bond donors (Lipinski definition) is 1. The van der Waals surface area contributed by atoms with Crippen LogP contribution in [-0.4, -0.2) is 52.6 Å². The molecule has 2 aromatic rings. The topological polar surface area (TPSA) is 86.8 Å². The number of imide groups is 1. The lowest BCUT2D eigenvalue weighted by atomic mass is 9.65. The summed E-state index contributed by atoms with van der Waals surface area (Å²) in [6.07, 6.45) is 3.59. The Morgan fingerprint density at radius 2 is 1.58 bits per heavy atom. The van der Waals surface area contributed by atoms with Gasteiger partial charge in [-0.2, -0.15) is 0 Å². The molecule has 4 amide bonds. The van der Waals surface area contributed by atoms with Gasteiger partial charge in [-0.1, -0.05) is 45.0 Å². The average molecular weight is 488 g/mol. The van der Waals surface area contributed by atoms with Gasteiger partial charge in [0.15, 0.2) is 0 Å². The number of anilines is 1. The van der Waals surface area contributed by atoms with Crippen LogP contribution in [0.25, 0.3) is 0 Å². The number of fused-ring (bicyclic) bond motifs is 3. The minimum Gasteiger partial charge on any atom is -0.335 e. The Hall–Kier alpha value is -3.48. The molecule has 0 unspecified atom stereocenters. The van der Waals surface area contributed by atoms with Crippen molar-refractivity contribution in [2.24, 2.45) is 10.8 Å². The Bertz CT molecular complexity index is 1220. The standard InChI is InChI=1S/C29H33N3O4/c1-28(2)15-19-16-29(3,17-28)18-32(19)27(36)22-11-6-7-12-23(22)30-24(33)13-8-14-31-25(34)20-9-4-5-10-21(20)26(31)35/h4-7,9-12,19H,8,13-18H2,1-3H3,(H,30,33)/t19-,29+/m0/s1. The molecule has 1 saturated heterocycles. The summed E-state index contributed by atoms with van der Waals surface area (Å²) < 4.78 is 0. The first-order valence-electron chi connectivity index (χ1n) is 12.7. The molecule has 7 heteroatoms. The van der Waals surface area contributed by atoms with E-state index >= 15 is 0 Å². The highest BCUT2D eigenvalue weighted by atomic mass is 16.2. The van der Waals surface area contributed by atoms with E-state index in [0.717, 1.165) is 25.8 Å². The molecule has 2 aromatic carbocycles. The minimum atomic E-state index is -0.320. The molecule has 2 atom stereocenters. The second-order valence-corrected chi connectivity index (χ2v) is 11.7. The van der Waals surface area contributed by atoms with Crippen molar-refractivity contribution in [3.05, 3.63) is 65.2 Å². The summed E-state index contributed by atoms with van der Waals surface area (Å²) >= 11 is 0. The maximum Gasteiger partial charge on any atom is 0.261 e. The Morgan fingerprint density at radius 1 is 0.944 bits per heavy atom. The Kier molecular flexibility index (Phi) is 5.97. The van der Waals surface area contributed by atoms with Crippen LogP contribution in [0.15, 0.2) is 48.5 Å². The number of nitrogens with one attached hydrogen (secondary N) is 1. The lowest BCUT2D eigenvalue weighted by Crippen LogP contribution is -2.38. The number of likely N-dealkylation sites (tertiary alicyclic amines) is 1. The molecule has 2 aliphatic heterocycles. The Labute approximate surface area is 211 Å². The lowest BCUT2D eigenvalue weighted by Gasteiger charge is -2.39. The first-order chi connectivity index (χ1) is 17.1. The van der Waals surface area contributed by atoms with Gasteiger partial charge in [-0.15, -0.1) is 0 Å². The molecule has 2 bridgehead atoms. The molecule has 3 aliphatic rings. The van der Waals surface area contributed by atoms with Crippen molar-refractivity contribution in [3.63, 3.8) is 0 Å². The fraction of sp³-hybridized carbons (Fsp3) is 0.448. The molecular weight excluding hydrogens is 454 g/mol. The van der Waals surface area contributed by atoms with Crippen LogP contribution in [0.4, 0.5) is 5.69 Å². The minimum absolute atomic E-state index is 0.0386. The maximum atomic E-state index is 13.6. The van der Waals surface area contributed by atoms with Gasteiger partial charge in [0.2, 0.25) is 5.91 Å². The zero-order chi connectivity index (χ0) is 25.7. The molecule has 0 spiro atoms. The number of carbonyl (C=O) groups is 4. The summed E-state index contributed by atoms with van der Waals surface area (Å²) in [5, 5.41) is 2.89. The third-order valence-electron chi connectivity index (χ3n) is 7.77. The van der Waals surface area contributed by atoms with Gasteiger partial charge in [0, 0.05) is 25.6 Å². The van der Waals surface area contributed by atoms with Gasteiger partial charge in [0.05, 0.1) is 22.4 Å². The van der Waals surface area contributed by atoms with Crippen molar-refractivity contribution in [2.45, 2.75) is 58.9 Å². The number of hydrogen-bond acceptors (Lipinski definition) is 4. The van der Waals surface area contributed by atoms with E-state index in [2.05, 4.69) is 26.1 Å². The Balaban J connectivity index is 1.21. The van der Waals surface area contributed by atoms with Crippen LogP contribution in [0.3, 0.4) is 0 Å². The molecule has 36 heavy (non-hydrogen) atoms. The smallest absolute Gasteiger partial charge is 0.261 e. The second kappa shape index (κ2) is 8.87. The van der Waals surface area contributed by atoms with Crippen molar-refractivity contribution < 1.29 is 19.2 Å². The lowest BCUT2D eigenvalue weighted by molar-refractivity contribution is -0.116. The van der Waals surface area contributed by atoms with Crippen molar-refractivity contribution in [2.75, 3.05) is 18.4 Å². The molecule has 188 valence electrons. The van der Waals surface area contributed by atoms with Gasteiger partial charge in [-0.3, -0.25) is 24.1 Å². The van der Waals surface area contributed by atoms with E-state index in [-0.39, 0.29) is 53.5 Å². The van der Waals surface area contributed by atoms with Gasteiger partial charge < -0.3 is 10.2 Å². The van der Waals surface area contributed by atoms with Crippen LogP contribution in [0.1, 0.15) is 83.9 Å². The highest BCUT2D eigenvalue weighted by Gasteiger charge is 2.51. The van der Waals surface area contributed by atoms with Crippen molar-refractivity contribution in [1.82, 2.24) is 9.80 Å². The van der Waals surface area contributed by atoms with Crippen molar-refractivity contribution in [3.8, 4) is 0 Å². The molecule has 0 radical (unpaired) electrons. The van der Waals surface area contributed by atoms with Crippen LogP contribution < -0.4 is 5.32 Å². The summed E-state index contributed by atoms with van der Waals surface area (Å²) in [4.78, 5) is 54.6. The number of rotatable bonds is 6. The largest absolute Gasteiger partial charge is 0.335 e. The maximum absolute atomic E-state index is 13.6. The van der Waals surface area contributed by atoms with E-state index in [1.165, 1.54) is 4.90 Å². The number of carbonyl (C=O) groups excluding carboxylic acids is 4. The summed E-state index contributed by atoms with van der Waals surface area (Å²) in [6.45, 7) is 7.74.